The first-order valence-electron chi connectivity index (χ1n) is 6.88. The van der Waals surface area contributed by atoms with Gasteiger partial charge in [-0.05, 0) is 40.2 Å². The summed E-state index contributed by atoms with van der Waals surface area (Å²) in [6.45, 7) is 0.308. The molecule has 2 rings (SSSR count). The lowest BCUT2D eigenvalue weighted by atomic mass is 10.1. The van der Waals surface area contributed by atoms with Crippen molar-refractivity contribution in [3.8, 4) is 11.5 Å². The SMILES string of the molecule is COc1cccc(CN(C)C(=O)c2cc(F)ccc2Br)c1OC. The lowest BCUT2D eigenvalue weighted by Crippen LogP contribution is -2.27. The first-order chi connectivity index (χ1) is 11.0. The fourth-order valence-corrected chi connectivity index (χ4v) is 2.69. The van der Waals surface area contributed by atoms with Gasteiger partial charge < -0.3 is 14.4 Å². The van der Waals surface area contributed by atoms with Crippen LogP contribution >= 0.6 is 15.9 Å². The maximum absolute atomic E-state index is 13.4. The minimum atomic E-state index is -0.455. The Kier molecular flexibility index (Phi) is 5.60. The number of halogens is 2. The third-order valence-corrected chi connectivity index (χ3v) is 4.09. The van der Waals surface area contributed by atoms with E-state index in [4.69, 9.17) is 9.47 Å². The second-order valence-electron chi connectivity index (χ2n) is 4.94. The molecule has 0 spiro atoms. The Morgan fingerprint density at radius 3 is 2.61 bits per heavy atom. The van der Waals surface area contributed by atoms with Crippen molar-refractivity contribution in [2.24, 2.45) is 0 Å². The monoisotopic (exact) mass is 381 g/mol. The van der Waals surface area contributed by atoms with Crippen LogP contribution in [0.3, 0.4) is 0 Å². The van der Waals surface area contributed by atoms with Crippen molar-refractivity contribution in [3.63, 3.8) is 0 Å². The summed E-state index contributed by atoms with van der Waals surface area (Å²) in [6.07, 6.45) is 0. The molecule has 0 N–H and O–H groups in total. The average molecular weight is 382 g/mol. The molecule has 0 saturated carbocycles. The molecule has 4 nitrogen and oxygen atoms in total. The molecule has 0 aromatic heterocycles. The number of carbonyl (C=O) groups excluding carboxylic acids is 1. The van der Waals surface area contributed by atoms with Crippen LogP contribution in [0.5, 0.6) is 11.5 Å². The third kappa shape index (κ3) is 3.82. The first kappa shape index (κ1) is 17.3. The number of hydrogen-bond donors (Lipinski definition) is 0. The minimum Gasteiger partial charge on any atom is -0.493 e. The second-order valence-corrected chi connectivity index (χ2v) is 5.79. The Labute approximate surface area is 142 Å². The molecule has 0 fully saturated rings. The number of rotatable bonds is 5. The highest BCUT2D eigenvalue weighted by Crippen LogP contribution is 2.31. The second kappa shape index (κ2) is 7.46. The van der Waals surface area contributed by atoms with Gasteiger partial charge in [0.1, 0.15) is 5.82 Å². The molecule has 0 radical (unpaired) electrons. The summed E-state index contributed by atoms with van der Waals surface area (Å²) in [5, 5.41) is 0. The van der Waals surface area contributed by atoms with Crippen LogP contribution in [0.4, 0.5) is 4.39 Å². The van der Waals surface area contributed by atoms with Gasteiger partial charge in [-0.25, -0.2) is 4.39 Å². The van der Waals surface area contributed by atoms with Crippen LogP contribution in [0.2, 0.25) is 0 Å². The lowest BCUT2D eigenvalue weighted by molar-refractivity contribution is 0.0782. The first-order valence-corrected chi connectivity index (χ1v) is 7.67. The normalized spacial score (nSPS) is 10.3. The molecule has 0 aliphatic rings. The van der Waals surface area contributed by atoms with Crippen LogP contribution in [0.15, 0.2) is 40.9 Å². The predicted molar refractivity (Wildman–Crippen MR) is 89.4 cm³/mol. The van der Waals surface area contributed by atoms with E-state index in [0.29, 0.717) is 22.5 Å². The Bertz CT molecular complexity index is 721. The number of benzene rings is 2. The van der Waals surface area contributed by atoms with Crippen LogP contribution in [0.1, 0.15) is 15.9 Å². The molecule has 0 heterocycles. The van der Waals surface area contributed by atoms with E-state index in [2.05, 4.69) is 15.9 Å². The summed E-state index contributed by atoms with van der Waals surface area (Å²) in [7, 11) is 4.76. The number of para-hydroxylation sites is 1. The van der Waals surface area contributed by atoms with E-state index in [-0.39, 0.29) is 11.5 Å². The molecule has 23 heavy (non-hydrogen) atoms. The van der Waals surface area contributed by atoms with Gasteiger partial charge in [0.05, 0.1) is 19.8 Å². The van der Waals surface area contributed by atoms with Gasteiger partial charge >= 0.3 is 0 Å². The summed E-state index contributed by atoms with van der Waals surface area (Å²) in [6, 6.07) is 9.49. The number of nitrogens with zero attached hydrogens (tertiary/aromatic N) is 1. The lowest BCUT2D eigenvalue weighted by Gasteiger charge is -2.20. The third-order valence-electron chi connectivity index (χ3n) is 3.40. The van der Waals surface area contributed by atoms with Crippen molar-refractivity contribution < 1.29 is 18.7 Å². The van der Waals surface area contributed by atoms with Crippen molar-refractivity contribution in [3.05, 3.63) is 57.8 Å². The van der Waals surface area contributed by atoms with E-state index in [1.54, 1.807) is 27.3 Å². The van der Waals surface area contributed by atoms with Crippen molar-refractivity contribution >= 4 is 21.8 Å². The van der Waals surface area contributed by atoms with Gasteiger partial charge in [-0.2, -0.15) is 0 Å². The van der Waals surface area contributed by atoms with E-state index in [0.717, 1.165) is 5.56 Å². The molecule has 0 saturated heterocycles. The van der Waals surface area contributed by atoms with Crippen molar-refractivity contribution in [1.82, 2.24) is 4.90 Å². The maximum atomic E-state index is 13.4. The van der Waals surface area contributed by atoms with Gasteiger partial charge in [0, 0.05) is 23.6 Å². The highest BCUT2D eigenvalue weighted by atomic mass is 79.9. The highest BCUT2D eigenvalue weighted by Gasteiger charge is 2.18. The molecule has 2 aromatic carbocycles. The maximum Gasteiger partial charge on any atom is 0.255 e. The minimum absolute atomic E-state index is 0.273. The van der Waals surface area contributed by atoms with Gasteiger partial charge in [-0.3, -0.25) is 4.79 Å². The van der Waals surface area contributed by atoms with E-state index in [9.17, 15) is 9.18 Å². The van der Waals surface area contributed by atoms with Crippen LogP contribution in [0, 0.1) is 5.82 Å². The van der Waals surface area contributed by atoms with Crippen LogP contribution < -0.4 is 9.47 Å². The molecular weight excluding hydrogens is 365 g/mol. The zero-order valence-corrected chi connectivity index (χ0v) is 14.7. The van der Waals surface area contributed by atoms with Crippen LogP contribution in [-0.4, -0.2) is 32.1 Å². The largest absolute Gasteiger partial charge is 0.493 e. The van der Waals surface area contributed by atoms with Crippen LogP contribution in [-0.2, 0) is 6.54 Å². The smallest absolute Gasteiger partial charge is 0.255 e. The van der Waals surface area contributed by atoms with E-state index in [1.165, 1.54) is 23.1 Å². The molecule has 0 aliphatic carbocycles. The highest BCUT2D eigenvalue weighted by molar-refractivity contribution is 9.10. The Morgan fingerprint density at radius 1 is 1.22 bits per heavy atom. The number of amides is 1. The summed E-state index contributed by atoms with van der Waals surface area (Å²) in [5.41, 5.74) is 1.07. The van der Waals surface area contributed by atoms with Crippen molar-refractivity contribution in [2.45, 2.75) is 6.54 Å². The number of ether oxygens (including phenoxy) is 2. The molecule has 122 valence electrons. The summed E-state index contributed by atoms with van der Waals surface area (Å²) in [5.74, 6) is 0.427. The van der Waals surface area contributed by atoms with Gasteiger partial charge in [-0.15, -0.1) is 0 Å². The molecular formula is C17H17BrFNO3. The fraction of sp³-hybridized carbons (Fsp3) is 0.235. The van der Waals surface area contributed by atoms with Gasteiger partial charge in [0.2, 0.25) is 0 Å². The van der Waals surface area contributed by atoms with Gasteiger partial charge in [-0.1, -0.05) is 12.1 Å². The summed E-state index contributed by atoms with van der Waals surface area (Å²) >= 11 is 3.28. The summed E-state index contributed by atoms with van der Waals surface area (Å²) in [4.78, 5) is 14.0. The zero-order valence-electron chi connectivity index (χ0n) is 13.1. The summed E-state index contributed by atoms with van der Waals surface area (Å²) < 4.78 is 24.6. The fourth-order valence-electron chi connectivity index (χ4n) is 2.27. The molecule has 0 bridgehead atoms. The Morgan fingerprint density at radius 2 is 1.96 bits per heavy atom. The van der Waals surface area contributed by atoms with Crippen molar-refractivity contribution in [1.29, 1.82) is 0 Å². The predicted octanol–water partition coefficient (Wildman–Crippen LogP) is 3.88. The molecule has 6 heteroatoms. The van der Waals surface area contributed by atoms with Gasteiger partial charge in [0.25, 0.3) is 5.91 Å². The number of methoxy groups -OCH3 is 2. The standard InChI is InChI=1S/C17H17BrFNO3/c1-20(17(21)13-9-12(19)7-8-14(13)18)10-11-5-4-6-15(22-2)16(11)23-3/h4-9H,10H2,1-3H3. The Hall–Kier alpha value is -2.08. The molecule has 0 aliphatic heterocycles. The Balaban J connectivity index is 2.27. The molecule has 0 unspecified atom stereocenters. The van der Waals surface area contributed by atoms with E-state index >= 15 is 0 Å². The van der Waals surface area contributed by atoms with Crippen LogP contribution in [0.25, 0.3) is 0 Å². The average Bonchev–Trinajstić information content (AvgIpc) is 2.55. The molecule has 1 amide bonds. The van der Waals surface area contributed by atoms with Gasteiger partial charge in [0.15, 0.2) is 11.5 Å². The van der Waals surface area contributed by atoms with E-state index in [1.807, 2.05) is 12.1 Å². The zero-order chi connectivity index (χ0) is 17.0. The topological polar surface area (TPSA) is 38.8 Å². The number of hydrogen-bond acceptors (Lipinski definition) is 3. The number of carbonyl (C=O) groups is 1. The quantitative estimate of drug-likeness (QED) is 0.788. The molecule has 2 aromatic rings. The molecule has 0 atom stereocenters. The van der Waals surface area contributed by atoms with Crippen molar-refractivity contribution in [2.75, 3.05) is 21.3 Å². The van der Waals surface area contributed by atoms with E-state index < -0.39 is 5.82 Å².